The van der Waals surface area contributed by atoms with Gasteiger partial charge in [0.1, 0.15) is 0 Å². The molecule has 1 rings (SSSR count). The first-order valence-corrected chi connectivity index (χ1v) is 7.66. The molecule has 1 aliphatic heterocycles. The lowest BCUT2D eigenvalue weighted by molar-refractivity contribution is 0.103. The molecule has 1 saturated heterocycles. The number of nitrogens with one attached hydrogen (secondary N) is 1. The van der Waals surface area contributed by atoms with Gasteiger partial charge >= 0.3 is 0 Å². The quantitative estimate of drug-likeness (QED) is 0.751. The number of hydrogen-bond acceptors (Lipinski definition) is 3. The second kappa shape index (κ2) is 8.13. The van der Waals surface area contributed by atoms with Crippen molar-refractivity contribution in [2.75, 3.05) is 40.3 Å². The molecule has 3 unspecified atom stereocenters. The molecule has 0 saturated carbocycles. The molecule has 0 amide bonds. The Morgan fingerprint density at radius 3 is 2.67 bits per heavy atom. The van der Waals surface area contributed by atoms with Crippen molar-refractivity contribution < 1.29 is 0 Å². The lowest BCUT2D eigenvalue weighted by atomic mass is 9.92. The third-order valence-corrected chi connectivity index (χ3v) is 4.21. The topological polar surface area (TPSA) is 18.5 Å². The van der Waals surface area contributed by atoms with Gasteiger partial charge < -0.3 is 15.1 Å². The maximum Gasteiger partial charge on any atom is 0.0117 e. The normalized spacial score (nSPS) is 27.7. The van der Waals surface area contributed by atoms with E-state index < -0.39 is 0 Å². The fourth-order valence-electron chi connectivity index (χ4n) is 2.84. The van der Waals surface area contributed by atoms with Gasteiger partial charge in [-0.25, -0.2) is 0 Å². The van der Waals surface area contributed by atoms with Gasteiger partial charge in [0.15, 0.2) is 0 Å². The van der Waals surface area contributed by atoms with Crippen LogP contribution in [0.3, 0.4) is 0 Å². The molecule has 0 aromatic rings. The predicted octanol–water partition coefficient (Wildman–Crippen LogP) is 2.04. The van der Waals surface area contributed by atoms with Crippen molar-refractivity contribution in [2.24, 2.45) is 5.92 Å². The summed E-state index contributed by atoms with van der Waals surface area (Å²) in [6.07, 6.45) is 3.84. The van der Waals surface area contributed by atoms with Crippen LogP contribution in [0.1, 0.15) is 40.0 Å². The second-order valence-corrected chi connectivity index (χ2v) is 6.26. The van der Waals surface area contributed by atoms with Gasteiger partial charge in [0.05, 0.1) is 0 Å². The van der Waals surface area contributed by atoms with Crippen LogP contribution in [0.5, 0.6) is 0 Å². The van der Waals surface area contributed by atoms with Crippen molar-refractivity contribution in [2.45, 2.75) is 52.1 Å². The number of rotatable bonds is 7. The minimum Gasteiger partial charge on any atom is -0.314 e. The molecule has 0 aliphatic carbocycles. The first-order valence-electron chi connectivity index (χ1n) is 7.66. The minimum absolute atomic E-state index is 0.724. The Hall–Kier alpha value is -0.120. The van der Waals surface area contributed by atoms with Crippen molar-refractivity contribution in [3.63, 3.8) is 0 Å². The zero-order chi connectivity index (χ0) is 13.5. The summed E-state index contributed by atoms with van der Waals surface area (Å²) >= 11 is 0. The van der Waals surface area contributed by atoms with E-state index in [4.69, 9.17) is 0 Å². The van der Waals surface area contributed by atoms with Crippen LogP contribution in [0.2, 0.25) is 0 Å². The van der Waals surface area contributed by atoms with Crippen LogP contribution in [0.25, 0.3) is 0 Å². The minimum atomic E-state index is 0.724. The largest absolute Gasteiger partial charge is 0.314 e. The zero-order valence-corrected chi connectivity index (χ0v) is 13.1. The predicted molar refractivity (Wildman–Crippen MR) is 80.1 cm³/mol. The molecule has 0 bridgehead atoms. The van der Waals surface area contributed by atoms with Gasteiger partial charge in [-0.05, 0) is 65.8 Å². The number of piperidine rings is 1. The van der Waals surface area contributed by atoms with Crippen molar-refractivity contribution in [3.05, 3.63) is 0 Å². The van der Waals surface area contributed by atoms with Crippen LogP contribution in [0.15, 0.2) is 0 Å². The van der Waals surface area contributed by atoms with Gasteiger partial charge in [-0.1, -0.05) is 13.8 Å². The number of likely N-dealkylation sites (tertiary alicyclic amines) is 1. The maximum absolute atomic E-state index is 3.70. The van der Waals surface area contributed by atoms with Gasteiger partial charge in [-0.15, -0.1) is 0 Å². The molecular weight excluding hydrogens is 222 g/mol. The molecule has 1 aliphatic rings. The van der Waals surface area contributed by atoms with Gasteiger partial charge in [0.2, 0.25) is 0 Å². The summed E-state index contributed by atoms with van der Waals surface area (Å²) < 4.78 is 0. The van der Waals surface area contributed by atoms with Gasteiger partial charge in [-0.2, -0.15) is 0 Å². The molecule has 0 radical (unpaired) electrons. The Bertz CT molecular complexity index is 218. The van der Waals surface area contributed by atoms with Crippen molar-refractivity contribution in [3.8, 4) is 0 Å². The van der Waals surface area contributed by atoms with E-state index in [1.54, 1.807) is 0 Å². The SMILES string of the molecule is CCCNC1CCN(C(C)CCN(C)C)CC1C. The first-order chi connectivity index (χ1) is 8.54. The van der Waals surface area contributed by atoms with E-state index in [1.165, 1.54) is 45.4 Å². The number of hydrogen-bond donors (Lipinski definition) is 1. The molecule has 1 fully saturated rings. The molecule has 3 nitrogen and oxygen atoms in total. The fourth-order valence-corrected chi connectivity index (χ4v) is 2.84. The van der Waals surface area contributed by atoms with Crippen LogP contribution in [-0.2, 0) is 0 Å². The summed E-state index contributed by atoms with van der Waals surface area (Å²) in [5, 5.41) is 3.70. The molecule has 0 aromatic carbocycles. The lowest BCUT2D eigenvalue weighted by Crippen LogP contribution is -2.51. The third kappa shape index (κ3) is 5.25. The highest BCUT2D eigenvalue weighted by molar-refractivity contribution is 4.85. The van der Waals surface area contributed by atoms with Gasteiger partial charge in [0.25, 0.3) is 0 Å². The standard InChI is InChI=1S/C15H33N3/c1-6-9-16-15-8-11-18(12-13(15)2)14(3)7-10-17(4)5/h13-16H,6-12H2,1-5H3. The maximum atomic E-state index is 3.70. The van der Waals surface area contributed by atoms with Gasteiger partial charge in [-0.3, -0.25) is 0 Å². The summed E-state index contributed by atoms with van der Waals surface area (Å²) in [7, 11) is 4.33. The molecule has 3 atom stereocenters. The van der Waals surface area contributed by atoms with Crippen molar-refractivity contribution in [1.29, 1.82) is 0 Å². The summed E-state index contributed by atoms with van der Waals surface area (Å²) in [5.41, 5.74) is 0. The summed E-state index contributed by atoms with van der Waals surface area (Å²) in [6.45, 7) is 11.9. The molecule has 3 heteroatoms. The highest BCUT2D eigenvalue weighted by Gasteiger charge is 2.27. The molecule has 1 heterocycles. The smallest absolute Gasteiger partial charge is 0.0117 e. The highest BCUT2D eigenvalue weighted by atomic mass is 15.2. The van der Waals surface area contributed by atoms with E-state index in [2.05, 4.69) is 50.0 Å². The molecule has 108 valence electrons. The third-order valence-electron chi connectivity index (χ3n) is 4.21. The van der Waals surface area contributed by atoms with Crippen molar-refractivity contribution in [1.82, 2.24) is 15.1 Å². The van der Waals surface area contributed by atoms with Gasteiger partial charge in [0, 0.05) is 18.6 Å². The summed E-state index contributed by atoms with van der Waals surface area (Å²) in [5.74, 6) is 0.784. The van der Waals surface area contributed by atoms with E-state index in [9.17, 15) is 0 Å². The van der Waals surface area contributed by atoms with Crippen LogP contribution < -0.4 is 5.32 Å². The summed E-state index contributed by atoms with van der Waals surface area (Å²) in [6, 6.07) is 1.46. The fraction of sp³-hybridized carbons (Fsp3) is 1.00. The van der Waals surface area contributed by atoms with E-state index in [-0.39, 0.29) is 0 Å². The van der Waals surface area contributed by atoms with E-state index >= 15 is 0 Å². The first kappa shape index (κ1) is 15.9. The highest BCUT2D eigenvalue weighted by Crippen LogP contribution is 2.20. The molecule has 18 heavy (non-hydrogen) atoms. The average Bonchev–Trinajstić information content (AvgIpc) is 2.34. The monoisotopic (exact) mass is 255 g/mol. The molecule has 1 N–H and O–H groups in total. The molecule has 0 aromatic heterocycles. The molecule has 0 spiro atoms. The van der Waals surface area contributed by atoms with E-state index in [0.717, 1.165) is 18.0 Å². The van der Waals surface area contributed by atoms with Crippen LogP contribution >= 0.6 is 0 Å². The Morgan fingerprint density at radius 2 is 2.11 bits per heavy atom. The van der Waals surface area contributed by atoms with E-state index in [1.807, 2.05) is 0 Å². The number of nitrogens with zero attached hydrogens (tertiary/aromatic N) is 2. The van der Waals surface area contributed by atoms with Crippen LogP contribution in [-0.4, -0.2) is 62.2 Å². The zero-order valence-electron chi connectivity index (χ0n) is 13.1. The Kier molecular flexibility index (Phi) is 7.20. The Labute approximate surface area is 114 Å². The average molecular weight is 255 g/mol. The van der Waals surface area contributed by atoms with Crippen molar-refractivity contribution >= 4 is 0 Å². The molecular formula is C15H33N3. The van der Waals surface area contributed by atoms with Crippen LogP contribution in [0, 0.1) is 5.92 Å². The lowest BCUT2D eigenvalue weighted by Gasteiger charge is -2.40. The van der Waals surface area contributed by atoms with E-state index in [0.29, 0.717) is 0 Å². The Morgan fingerprint density at radius 1 is 1.39 bits per heavy atom. The van der Waals surface area contributed by atoms with Crippen LogP contribution in [0.4, 0.5) is 0 Å². The Balaban J connectivity index is 2.30. The second-order valence-electron chi connectivity index (χ2n) is 6.26. The summed E-state index contributed by atoms with van der Waals surface area (Å²) in [4.78, 5) is 4.97.